The molecular formula is C25H22FN5O. The minimum absolute atomic E-state index is 0.0429. The molecule has 160 valence electrons. The van der Waals surface area contributed by atoms with Crippen molar-refractivity contribution in [1.29, 1.82) is 0 Å². The molecule has 1 fully saturated rings. The Bertz CT molecular complexity index is 1260. The van der Waals surface area contributed by atoms with E-state index in [0.29, 0.717) is 30.9 Å². The van der Waals surface area contributed by atoms with Crippen LogP contribution in [0.1, 0.15) is 17.3 Å². The fraction of sp³-hybridized carbons (Fsp3) is 0.200. The first kappa shape index (κ1) is 20.1. The molecule has 1 saturated heterocycles. The van der Waals surface area contributed by atoms with Crippen molar-refractivity contribution in [3.8, 4) is 11.3 Å². The highest BCUT2D eigenvalue weighted by Gasteiger charge is 2.29. The van der Waals surface area contributed by atoms with Gasteiger partial charge in [-0.3, -0.25) is 9.78 Å². The predicted molar refractivity (Wildman–Crippen MR) is 122 cm³/mol. The van der Waals surface area contributed by atoms with E-state index in [0.717, 1.165) is 22.2 Å². The lowest BCUT2D eigenvalue weighted by atomic mass is 10.0. The molecule has 32 heavy (non-hydrogen) atoms. The first-order valence-corrected chi connectivity index (χ1v) is 10.6. The minimum Gasteiger partial charge on any atom is -0.348 e. The van der Waals surface area contributed by atoms with Gasteiger partial charge < -0.3 is 9.80 Å². The van der Waals surface area contributed by atoms with Gasteiger partial charge in [-0.15, -0.1) is 10.2 Å². The molecule has 0 bridgehead atoms. The number of amides is 1. The van der Waals surface area contributed by atoms with Crippen molar-refractivity contribution in [2.24, 2.45) is 0 Å². The topological polar surface area (TPSA) is 62.2 Å². The third-order valence-electron chi connectivity index (χ3n) is 5.89. The number of carbonyl (C=O) groups excluding carboxylic acids is 1. The van der Waals surface area contributed by atoms with E-state index in [2.05, 4.69) is 27.0 Å². The van der Waals surface area contributed by atoms with Gasteiger partial charge in [-0.2, -0.15) is 0 Å². The normalized spacial score (nSPS) is 16.4. The van der Waals surface area contributed by atoms with Gasteiger partial charge in [-0.05, 0) is 49.4 Å². The number of fused-ring (bicyclic) bond motifs is 1. The van der Waals surface area contributed by atoms with Crippen LogP contribution in [-0.4, -0.2) is 51.7 Å². The summed E-state index contributed by atoms with van der Waals surface area (Å²) in [4.78, 5) is 21.2. The van der Waals surface area contributed by atoms with Gasteiger partial charge in [0, 0.05) is 60.0 Å². The van der Waals surface area contributed by atoms with Crippen LogP contribution in [0, 0.1) is 5.82 Å². The molecule has 4 aromatic rings. The van der Waals surface area contributed by atoms with Gasteiger partial charge in [0.25, 0.3) is 5.91 Å². The quantitative estimate of drug-likeness (QED) is 0.491. The molecule has 1 aliphatic rings. The first-order valence-electron chi connectivity index (χ1n) is 10.6. The Balaban J connectivity index is 1.45. The number of aromatic nitrogens is 3. The number of carbonyl (C=O) groups is 1. The maximum atomic E-state index is 13.4. The molecule has 6 nitrogen and oxygen atoms in total. The van der Waals surface area contributed by atoms with Crippen molar-refractivity contribution in [2.45, 2.75) is 13.0 Å². The zero-order valence-electron chi connectivity index (χ0n) is 17.6. The fourth-order valence-corrected chi connectivity index (χ4v) is 4.24. The van der Waals surface area contributed by atoms with Crippen LogP contribution in [0.2, 0.25) is 0 Å². The molecule has 0 aliphatic carbocycles. The van der Waals surface area contributed by atoms with E-state index in [1.165, 1.54) is 12.1 Å². The highest BCUT2D eigenvalue weighted by Crippen LogP contribution is 2.32. The number of pyridine rings is 1. The molecular weight excluding hydrogens is 405 g/mol. The number of hydrogen-bond donors (Lipinski definition) is 0. The number of nitrogens with zero attached hydrogens (tertiary/aromatic N) is 5. The smallest absolute Gasteiger partial charge is 0.253 e. The SMILES string of the molecule is C[C@@H]1CN(C(=O)c2ccccc2)CCN1c1nnc(-c2ccc(F)cc2)c2ccncc12. The van der Waals surface area contributed by atoms with Crippen LogP contribution in [0.3, 0.4) is 0 Å². The Labute approximate surface area is 185 Å². The maximum Gasteiger partial charge on any atom is 0.253 e. The molecule has 0 saturated carbocycles. The molecule has 2 aromatic heterocycles. The van der Waals surface area contributed by atoms with Gasteiger partial charge in [0.1, 0.15) is 11.5 Å². The van der Waals surface area contributed by atoms with E-state index >= 15 is 0 Å². The number of piperazine rings is 1. The molecule has 1 amide bonds. The first-order chi connectivity index (χ1) is 15.6. The zero-order chi connectivity index (χ0) is 22.1. The van der Waals surface area contributed by atoms with Gasteiger partial charge in [0.15, 0.2) is 5.82 Å². The van der Waals surface area contributed by atoms with Crippen molar-refractivity contribution in [3.63, 3.8) is 0 Å². The van der Waals surface area contributed by atoms with Crippen molar-refractivity contribution < 1.29 is 9.18 Å². The summed E-state index contributed by atoms with van der Waals surface area (Å²) in [5.41, 5.74) is 2.19. The van der Waals surface area contributed by atoms with E-state index in [9.17, 15) is 9.18 Å². The number of anilines is 1. The second-order valence-electron chi connectivity index (χ2n) is 7.96. The Kier molecular flexibility index (Phi) is 5.23. The lowest BCUT2D eigenvalue weighted by molar-refractivity contribution is 0.0726. The van der Waals surface area contributed by atoms with Crippen molar-refractivity contribution in [2.75, 3.05) is 24.5 Å². The summed E-state index contributed by atoms with van der Waals surface area (Å²) in [6, 6.07) is 17.6. The number of benzene rings is 2. The van der Waals surface area contributed by atoms with Crippen LogP contribution in [-0.2, 0) is 0 Å². The second-order valence-corrected chi connectivity index (χ2v) is 7.96. The molecule has 0 unspecified atom stereocenters. The summed E-state index contributed by atoms with van der Waals surface area (Å²) in [7, 11) is 0. The van der Waals surface area contributed by atoms with E-state index in [4.69, 9.17) is 0 Å². The number of hydrogen-bond acceptors (Lipinski definition) is 5. The van der Waals surface area contributed by atoms with Crippen LogP contribution < -0.4 is 4.90 Å². The molecule has 1 aliphatic heterocycles. The van der Waals surface area contributed by atoms with Gasteiger partial charge in [0.05, 0.1) is 0 Å². The van der Waals surface area contributed by atoms with E-state index < -0.39 is 0 Å². The molecule has 7 heteroatoms. The molecule has 0 spiro atoms. The van der Waals surface area contributed by atoms with Crippen molar-refractivity contribution >= 4 is 22.5 Å². The summed E-state index contributed by atoms with van der Waals surface area (Å²) in [6.45, 7) is 3.93. The van der Waals surface area contributed by atoms with Crippen LogP contribution in [0.15, 0.2) is 73.1 Å². The second kappa shape index (κ2) is 8.34. The Morgan fingerprint density at radius 3 is 2.50 bits per heavy atom. The van der Waals surface area contributed by atoms with Gasteiger partial charge in [-0.1, -0.05) is 18.2 Å². The van der Waals surface area contributed by atoms with Crippen LogP contribution in [0.25, 0.3) is 22.0 Å². The Morgan fingerprint density at radius 2 is 1.75 bits per heavy atom. The fourth-order valence-electron chi connectivity index (χ4n) is 4.24. The standard InChI is InChI=1S/C25H22FN5O/c1-17-16-30(25(32)19-5-3-2-4-6-19)13-14-31(17)24-22-15-27-12-11-21(22)23(28-29-24)18-7-9-20(26)10-8-18/h2-12,15,17H,13-14,16H2,1H3/t17-/m1/s1. The van der Waals surface area contributed by atoms with Crippen molar-refractivity contribution in [1.82, 2.24) is 20.1 Å². The zero-order valence-corrected chi connectivity index (χ0v) is 17.6. The van der Waals surface area contributed by atoms with Gasteiger partial charge >= 0.3 is 0 Å². The lowest BCUT2D eigenvalue weighted by Gasteiger charge is -2.40. The summed E-state index contributed by atoms with van der Waals surface area (Å²) in [5.74, 6) is 0.501. The minimum atomic E-state index is -0.291. The molecule has 3 heterocycles. The largest absolute Gasteiger partial charge is 0.348 e. The summed E-state index contributed by atoms with van der Waals surface area (Å²) in [5, 5.41) is 10.8. The molecule has 5 rings (SSSR count). The Morgan fingerprint density at radius 1 is 0.969 bits per heavy atom. The van der Waals surface area contributed by atoms with E-state index in [1.54, 1.807) is 24.5 Å². The van der Waals surface area contributed by atoms with E-state index in [1.807, 2.05) is 41.3 Å². The molecule has 2 aromatic carbocycles. The Hall–Kier alpha value is -3.87. The van der Waals surface area contributed by atoms with Crippen LogP contribution >= 0.6 is 0 Å². The number of rotatable bonds is 3. The number of halogens is 1. The van der Waals surface area contributed by atoms with Gasteiger partial charge in [0.2, 0.25) is 0 Å². The summed E-state index contributed by atoms with van der Waals surface area (Å²) < 4.78 is 13.4. The van der Waals surface area contributed by atoms with Crippen LogP contribution in [0.4, 0.5) is 10.2 Å². The van der Waals surface area contributed by atoms with Crippen molar-refractivity contribution in [3.05, 3.63) is 84.4 Å². The maximum absolute atomic E-state index is 13.4. The third kappa shape index (κ3) is 3.66. The average Bonchev–Trinajstić information content (AvgIpc) is 2.84. The van der Waals surface area contributed by atoms with E-state index in [-0.39, 0.29) is 17.8 Å². The molecule has 1 atom stereocenters. The highest BCUT2D eigenvalue weighted by molar-refractivity contribution is 6.00. The molecule has 0 radical (unpaired) electrons. The average molecular weight is 427 g/mol. The monoisotopic (exact) mass is 427 g/mol. The summed E-state index contributed by atoms with van der Waals surface area (Å²) in [6.07, 6.45) is 3.52. The molecule has 0 N–H and O–H groups in total. The third-order valence-corrected chi connectivity index (χ3v) is 5.89. The summed E-state index contributed by atoms with van der Waals surface area (Å²) >= 11 is 0. The highest BCUT2D eigenvalue weighted by atomic mass is 19.1. The predicted octanol–water partition coefficient (Wildman–Crippen LogP) is 4.18. The van der Waals surface area contributed by atoms with Crippen LogP contribution in [0.5, 0.6) is 0 Å². The lowest BCUT2D eigenvalue weighted by Crippen LogP contribution is -2.54. The van der Waals surface area contributed by atoms with Gasteiger partial charge in [-0.25, -0.2) is 4.39 Å².